The summed E-state index contributed by atoms with van der Waals surface area (Å²) in [5.41, 5.74) is 3.53. The van der Waals surface area contributed by atoms with Crippen LogP contribution in [0.5, 0.6) is 0 Å². The maximum atomic E-state index is 12.2. The van der Waals surface area contributed by atoms with Gasteiger partial charge >= 0.3 is 5.97 Å². The smallest absolute Gasteiger partial charge is 0.338 e. The predicted molar refractivity (Wildman–Crippen MR) is 118 cm³/mol. The van der Waals surface area contributed by atoms with E-state index < -0.39 is 5.97 Å². The molecule has 0 spiro atoms. The summed E-state index contributed by atoms with van der Waals surface area (Å²) in [6, 6.07) is 15.2. The van der Waals surface area contributed by atoms with E-state index in [1.165, 1.54) is 5.56 Å². The molecule has 1 atom stereocenters. The van der Waals surface area contributed by atoms with Gasteiger partial charge in [-0.3, -0.25) is 4.79 Å². The van der Waals surface area contributed by atoms with Gasteiger partial charge < -0.3 is 10.1 Å². The number of nitrogens with one attached hydrogen (secondary N) is 1. The van der Waals surface area contributed by atoms with E-state index in [4.69, 9.17) is 4.74 Å². The number of thioether (sulfide) groups is 2. The number of ether oxygens (including phenoxy) is 1. The molecule has 0 aromatic heterocycles. The first-order valence-corrected chi connectivity index (χ1v) is 11.6. The fourth-order valence-corrected chi connectivity index (χ4v) is 5.85. The molecule has 1 aliphatic heterocycles. The van der Waals surface area contributed by atoms with Crippen LogP contribution in [-0.2, 0) is 9.53 Å². The van der Waals surface area contributed by atoms with Crippen molar-refractivity contribution in [2.45, 2.75) is 30.8 Å². The summed E-state index contributed by atoms with van der Waals surface area (Å²) in [5, 5.41) is 2.86. The summed E-state index contributed by atoms with van der Waals surface area (Å²) in [7, 11) is 0. The van der Waals surface area contributed by atoms with Gasteiger partial charge in [-0.25, -0.2) is 4.79 Å². The highest BCUT2D eigenvalue weighted by atomic mass is 32.2. The number of para-hydroxylation sites is 1. The summed E-state index contributed by atoms with van der Waals surface area (Å²) < 4.78 is 5.64. The van der Waals surface area contributed by atoms with E-state index in [2.05, 4.69) is 19.2 Å². The molecule has 0 aliphatic carbocycles. The molecule has 2 aromatic carbocycles. The molecule has 148 valence electrons. The van der Waals surface area contributed by atoms with Crippen molar-refractivity contribution in [3.63, 3.8) is 0 Å². The summed E-state index contributed by atoms with van der Waals surface area (Å²) >= 11 is 3.85. The first-order valence-electron chi connectivity index (χ1n) is 9.47. The highest BCUT2D eigenvalue weighted by Crippen LogP contribution is 2.45. The van der Waals surface area contributed by atoms with E-state index >= 15 is 0 Å². The van der Waals surface area contributed by atoms with Crippen molar-refractivity contribution in [1.82, 2.24) is 0 Å². The fourth-order valence-electron chi connectivity index (χ4n) is 2.99. The minimum absolute atomic E-state index is 0.302. The van der Waals surface area contributed by atoms with Gasteiger partial charge in [-0.15, -0.1) is 23.5 Å². The third kappa shape index (κ3) is 5.32. The number of carbonyl (C=O) groups excluding carboxylic acids is 2. The average Bonchev–Trinajstić information content (AvgIpc) is 3.27. The molecule has 1 aliphatic rings. The van der Waals surface area contributed by atoms with Crippen LogP contribution in [0.3, 0.4) is 0 Å². The normalized spacial score (nSPS) is 15.2. The van der Waals surface area contributed by atoms with Crippen molar-refractivity contribution in [3.05, 3.63) is 65.2 Å². The lowest BCUT2D eigenvalue weighted by Crippen LogP contribution is -2.21. The van der Waals surface area contributed by atoms with Crippen LogP contribution in [0, 0.1) is 0 Å². The molecule has 0 saturated carbocycles. The van der Waals surface area contributed by atoms with Crippen LogP contribution in [0.1, 0.15) is 52.3 Å². The molecule has 1 fully saturated rings. The third-order valence-electron chi connectivity index (χ3n) is 4.75. The highest BCUT2D eigenvalue weighted by molar-refractivity contribution is 8.19. The van der Waals surface area contributed by atoms with Crippen molar-refractivity contribution in [2.75, 3.05) is 23.4 Å². The van der Waals surface area contributed by atoms with Crippen LogP contribution < -0.4 is 5.32 Å². The second-order valence-corrected chi connectivity index (χ2v) is 9.44. The molecule has 1 N–H and O–H groups in total. The lowest BCUT2D eigenvalue weighted by Gasteiger charge is -2.15. The number of amides is 1. The Balaban J connectivity index is 1.54. The van der Waals surface area contributed by atoms with E-state index in [1.807, 2.05) is 59.9 Å². The number of anilines is 1. The molecule has 2 aromatic rings. The topological polar surface area (TPSA) is 55.4 Å². The zero-order valence-corrected chi connectivity index (χ0v) is 17.8. The van der Waals surface area contributed by atoms with Crippen molar-refractivity contribution in [3.8, 4) is 0 Å². The zero-order chi connectivity index (χ0) is 19.9. The predicted octanol–water partition coefficient (Wildman–Crippen LogP) is 5.47. The number of rotatable bonds is 7. The molecular weight excluding hydrogens is 390 g/mol. The van der Waals surface area contributed by atoms with Crippen molar-refractivity contribution < 1.29 is 14.3 Å². The van der Waals surface area contributed by atoms with Crippen LogP contribution in [0.25, 0.3) is 0 Å². The summed E-state index contributed by atoms with van der Waals surface area (Å²) in [4.78, 5) is 24.5. The Morgan fingerprint density at radius 3 is 2.46 bits per heavy atom. The summed E-state index contributed by atoms with van der Waals surface area (Å²) in [6.07, 6.45) is 0.982. The third-order valence-corrected chi connectivity index (χ3v) is 7.86. The number of carbonyl (C=O) groups is 2. The number of esters is 1. The first kappa shape index (κ1) is 20.8. The molecule has 6 heteroatoms. The maximum Gasteiger partial charge on any atom is 0.338 e. The van der Waals surface area contributed by atoms with Gasteiger partial charge in [-0.1, -0.05) is 44.2 Å². The van der Waals surface area contributed by atoms with Gasteiger partial charge in [0.15, 0.2) is 6.61 Å². The number of benzene rings is 2. The molecule has 0 bridgehead atoms. The van der Waals surface area contributed by atoms with Gasteiger partial charge in [0.25, 0.3) is 5.91 Å². The van der Waals surface area contributed by atoms with Crippen molar-refractivity contribution >= 4 is 41.1 Å². The summed E-state index contributed by atoms with van der Waals surface area (Å²) in [6.45, 7) is 3.93. The minimum atomic E-state index is -0.483. The molecular formula is C22H25NO3S2. The molecule has 1 amide bonds. The maximum absolute atomic E-state index is 12.2. The molecule has 4 nitrogen and oxygen atoms in total. The van der Waals surface area contributed by atoms with Crippen LogP contribution >= 0.6 is 23.5 Å². The second-order valence-electron chi connectivity index (χ2n) is 6.72. The fraction of sp³-hybridized carbons (Fsp3) is 0.364. The molecule has 0 radical (unpaired) electrons. The lowest BCUT2D eigenvalue weighted by molar-refractivity contribution is -0.119. The largest absolute Gasteiger partial charge is 0.452 e. The Kier molecular flexibility index (Phi) is 7.45. The van der Waals surface area contributed by atoms with Crippen LogP contribution in [-0.4, -0.2) is 30.0 Å². The Morgan fingerprint density at radius 2 is 1.79 bits per heavy atom. The van der Waals surface area contributed by atoms with Crippen molar-refractivity contribution in [2.24, 2.45) is 0 Å². The zero-order valence-electron chi connectivity index (χ0n) is 16.1. The van der Waals surface area contributed by atoms with E-state index in [0.717, 1.165) is 29.2 Å². The van der Waals surface area contributed by atoms with E-state index in [-0.39, 0.29) is 12.5 Å². The number of hydrogen-bond acceptors (Lipinski definition) is 5. The Morgan fingerprint density at radius 1 is 1.11 bits per heavy atom. The van der Waals surface area contributed by atoms with Gasteiger partial charge in [-0.2, -0.15) is 0 Å². The van der Waals surface area contributed by atoms with Gasteiger partial charge in [0.2, 0.25) is 0 Å². The molecule has 1 saturated heterocycles. The van der Waals surface area contributed by atoms with E-state index in [9.17, 15) is 9.59 Å². The van der Waals surface area contributed by atoms with Gasteiger partial charge in [-0.05, 0) is 41.7 Å². The van der Waals surface area contributed by atoms with Crippen LogP contribution in [0.4, 0.5) is 5.69 Å². The molecule has 28 heavy (non-hydrogen) atoms. The Hall–Kier alpha value is -1.92. The van der Waals surface area contributed by atoms with Gasteiger partial charge in [0.05, 0.1) is 10.1 Å². The summed E-state index contributed by atoms with van der Waals surface area (Å²) in [5.74, 6) is 1.85. The molecule has 0 unspecified atom stereocenters. The van der Waals surface area contributed by atoms with Crippen molar-refractivity contribution in [1.29, 1.82) is 0 Å². The highest BCUT2D eigenvalue weighted by Gasteiger charge is 2.19. The Labute approximate surface area is 174 Å². The quantitative estimate of drug-likeness (QED) is 0.607. The van der Waals surface area contributed by atoms with Gasteiger partial charge in [0, 0.05) is 17.2 Å². The van der Waals surface area contributed by atoms with Crippen LogP contribution in [0.2, 0.25) is 0 Å². The van der Waals surface area contributed by atoms with E-state index in [0.29, 0.717) is 16.1 Å². The number of hydrogen-bond donors (Lipinski definition) is 1. The monoisotopic (exact) mass is 415 g/mol. The first-order chi connectivity index (χ1) is 13.6. The molecule has 3 rings (SSSR count). The van der Waals surface area contributed by atoms with Gasteiger partial charge in [0.1, 0.15) is 0 Å². The van der Waals surface area contributed by atoms with E-state index in [1.54, 1.807) is 12.1 Å². The lowest BCUT2D eigenvalue weighted by atomic mass is 9.97. The standard InChI is InChI=1S/C22H25NO3S2/c1-3-15(2)18-6-4-5-7-19(18)23-20(24)14-26-21(25)16-8-10-17(11-9-16)22-27-12-13-28-22/h4-11,15,22H,3,12-14H2,1-2H3,(H,23,24)/t15-/m1/s1. The minimum Gasteiger partial charge on any atom is -0.452 e. The second kappa shape index (κ2) is 10.0. The Bertz CT molecular complexity index is 817. The van der Waals surface area contributed by atoms with Crippen LogP contribution in [0.15, 0.2) is 48.5 Å². The SMILES string of the molecule is CC[C@@H](C)c1ccccc1NC(=O)COC(=O)c1ccc(C2SCCS2)cc1. The average molecular weight is 416 g/mol. The molecule has 1 heterocycles.